The van der Waals surface area contributed by atoms with Crippen LogP contribution in [-0.2, 0) is 121 Å². The summed E-state index contributed by atoms with van der Waals surface area (Å²) in [6.45, 7) is 13.2. The maximum absolute atomic E-state index is 13.7. The van der Waals surface area contributed by atoms with Gasteiger partial charge in [0, 0.05) is 83.6 Å². The third-order valence-corrected chi connectivity index (χ3v) is 15.6. The number of aliphatic carboxylic acids is 1. The van der Waals surface area contributed by atoms with E-state index in [-0.39, 0.29) is 109 Å². The van der Waals surface area contributed by atoms with Crippen LogP contribution in [0.2, 0.25) is 0 Å². The molecular weight excluding hydrogens is 1400 g/mol. The van der Waals surface area contributed by atoms with Crippen LogP contribution in [0.25, 0.3) is 0 Å². The summed E-state index contributed by atoms with van der Waals surface area (Å²) < 4.78 is 86.7. The molecule has 1 aliphatic rings. The predicted octanol–water partition coefficient (Wildman–Crippen LogP) is 2.44. The summed E-state index contributed by atoms with van der Waals surface area (Å²) in [4.78, 5) is 105. The van der Waals surface area contributed by atoms with E-state index in [0.717, 1.165) is 22.4 Å². The smallest absolute Gasteiger partial charge is 0.303 e. The van der Waals surface area contributed by atoms with Gasteiger partial charge in [-0.1, -0.05) is 42.2 Å². The molecule has 1 heterocycles. The first-order chi connectivity index (χ1) is 52.4. The van der Waals surface area contributed by atoms with E-state index >= 15 is 0 Å². The van der Waals surface area contributed by atoms with Crippen LogP contribution in [0, 0.1) is 11.8 Å². The van der Waals surface area contributed by atoms with Crippen molar-refractivity contribution in [1.82, 2.24) is 31.9 Å². The fraction of sp³-hybridized carbons (Fsp3) is 0.707. The number of carbonyl (C=O) groups is 8. The van der Waals surface area contributed by atoms with Crippen molar-refractivity contribution >= 4 is 53.0 Å². The molecule has 2 atom stereocenters. The molecule has 7 amide bonds. The number of ether oxygens (including phenoxy) is 16. The molecule has 107 heavy (non-hydrogen) atoms. The molecule has 0 saturated heterocycles. The fourth-order valence-corrected chi connectivity index (χ4v) is 9.85. The van der Waals surface area contributed by atoms with Gasteiger partial charge in [0.2, 0.25) is 41.4 Å². The first kappa shape index (κ1) is 94.3. The van der Waals surface area contributed by atoms with Crippen LogP contribution in [0.3, 0.4) is 0 Å². The van der Waals surface area contributed by atoms with Gasteiger partial charge >= 0.3 is 5.97 Å². The second-order valence-electron chi connectivity index (χ2n) is 24.1. The van der Waals surface area contributed by atoms with Crippen molar-refractivity contribution in [2.45, 2.75) is 109 Å². The molecule has 0 bridgehead atoms. The summed E-state index contributed by atoms with van der Waals surface area (Å²) in [5.74, 6) is 2.65. The maximum atomic E-state index is 13.7. The normalized spacial score (nSPS) is 12.2. The van der Waals surface area contributed by atoms with E-state index in [4.69, 9.17) is 75.8 Å². The molecule has 32 nitrogen and oxygen atoms in total. The number of carboxylic acids is 1. The average molecular weight is 1520 g/mol. The van der Waals surface area contributed by atoms with Gasteiger partial charge in [0.25, 0.3) is 0 Å². The Hall–Kier alpha value is -6.88. The predicted molar refractivity (Wildman–Crippen MR) is 393 cm³/mol. The van der Waals surface area contributed by atoms with Crippen LogP contribution in [0.5, 0.6) is 0 Å². The van der Waals surface area contributed by atoms with Crippen molar-refractivity contribution in [3.8, 4) is 11.8 Å². The van der Waals surface area contributed by atoms with E-state index in [0.29, 0.717) is 223 Å². The topological polar surface area (TPSA) is 380 Å². The van der Waals surface area contributed by atoms with Gasteiger partial charge in [-0.25, -0.2) is 0 Å². The molecule has 2 aromatic rings. The van der Waals surface area contributed by atoms with Crippen LogP contribution >= 0.6 is 0 Å². The Labute approximate surface area is 630 Å². The second-order valence-corrected chi connectivity index (χ2v) is 24.1. The third kappa shape index (κ3) is 52.8. The van der Waals surface area contributed by atoms with Crippen LogP contribution in [0.15, 0.2) is 48.5 Å². The van der Waals surface area contributed by atoms with Crippen LogP contribution < -0.4 is 36.8 Å². The number of nitrogens with zero attached hydrogens (tertiary/aromatic N) is 1. The summed E-state index contributed by atoms with van der Waals surface area (Å²) in [7, 11) is 3.25. The van der Waals surface area contributed by atoms with Crippen molar-refractivity contribution in [3.05, 3.63) is 65.2 Å². The van der Waals surface area contributed by atoms with E-state index in [2.05, 4.69) is 43.7 Å². The number of amides is 7. The van der Waals surface area contributed by atoms with Crippen molar-refractivity contribution in [1.29, 1.82) is 0 Å². The van der Waals surface area contributed by atoms with Gasteiger partial charge < -0.3 is 118 Å². The number of para-hydroxylation sites is 1. The van der Waals surface area contributed by atoms with Gasteiger partial charge in [-0.2, -0.15) is 0 Å². The number of carbonyl (C=O) groups excluding carboxylic acids is 7. The quantitative estimate of drug-likeness (QED) is 0.0369. The van der Waals surface area contributed by atoms with Crippen LogP contribution in [-0.4, -0.2) is 303 Å². The lowest BCUT2D eigenvalue weighted by Gasteiger charge is -2.26. The van der Waals surface area contributed by atoms with Gasteiger partial charge in [0.1, 0.15) is 12.1 Å². The third-order valence-electron chi connectivity index (χ3n) is 15.6. The van der Waals surface area contributed by atoms with E-state index in [1.165, 1.54) is 0 Å². The molecule has 3 rings (SSSR count). The highest BCUT2D eigenvalue weighted by atomic mass is 16.6. The first-order valence-electron chi connectivity index (χ1n) is 37.4. The summed E-state index contributed by atoms with van der Waals surface area (Å²) in [5, 5.41) is 25.9. The van der Waals surface area contributed by atoms with Gasteiger partial charge in [-0.3, -0.25) is 38.4 Å². The minimum Gasteiger partial charge on any atom is -0.481 e. The summed E-state index contributed by atoms with van der Waals surface area (Å²) in [5.41, 5.74) is 3.30. The zero-order chi connectivity index (χ0) is 76.9. The van der Waals surface area contributed by atoms with Crippen molar-refractivity contribution in [2.24, 2.45) is 0 Å². The van der Waals surface area contributed by atoms with Crippen LogP contribution in [0.1, 0.15) is 107 Å². The Morgan fingerprint density at radius 2 is 0.692 bits per heavy atom. The number of rotatable bonds is 73. The highest BCUT2D eigenvalue weighted by Gasteiger charge is 2.24. The number of hydrogen-bond acceptors (Lipinski definition) is 24. The van der Waals surface area contributed by atoms with Gasteiger partial charge in [-0.15, -0.1) is 0 Å². The second kappa shape index (κ2) is 67.3. The highest BCUT2D eigenvalue weighted by Crippen LogP contribution is 2.26. The number of benzene rings is 2. The minimum absolute atomic E-state index is 0.0319. The minimum atomic E-state index is -1.18. The number of fused-ring (bicyclic) bond motifs is 2. The number of methoxy groups -OCH3 is 2. The first-order valence-corrected chi connectivity index (χ1v) is 37.4. The van der Waals surface area contributed by atoms with Crippen molar-refractivity contribution in [3.63, 3.8) is 0 Å². The number of anilines is 1. The Morgan fingerprint density at radius 1 is 0.355 bits per heavy atom. The zero-order valence-electron chi connectivity index (χ0n) is 63.1. The lowest BCUT2D eigenvalue weighted by Crippen LogP contribution is -2.48. The number of nitrogens with one attached hydrogen (secondary N) is 6. The molecule has 0 aliphatic carbocycles. The fourth-order valence-electron chi connectivity index (χ4n) is 9.85. The van der Waals surface area contributed by atoms with Crippen molar-refractivity contribution < 1.29 is 119 Å². The number of hydrogen-bond donors (Lipinski definition) is 7. The molecule has 0 unspecified atom stereocenters. The summed E-state index contributed by atoms with van der Waals surface area (Å²) in [6.07, 6.45) is 2.70. The van der Waals surface area contributed by atoms with E-state index in [9.17, 15) is 43.5 Å². The summed E-state index contributed by atoms with van der Waals surface area (Å²) >= 11 is 0. The Balaban J connectivity index is 1.35. The molecule has 2 aromatic carbocycles. The Kier molecular flexibility index (Phi) is 59.3. The largest absolute Gasteiger partial charge is 0.481 e. The zero-order valence-corrected chi connectivity index (χ0v) is 63.1. The molecular formula is C75H121N7O25. The average Bonchev–Trinajstić information content (AvgIpc) is 0.806. The summed E-state index contributed by atoms with van der Waals surface area (Å²) in [6, 6.07) is 13.3. The molecule has 606 valence electrons. The van der Waals surface area contributed by atoms with E-state index in [1.54, 1.807) is 19.1 Å². The van der Waals surface area contributed by atoms with Gasteiger partial charge in [-0.05, 0) is 75.1 Å². The highest BCUT2D eigenvalue weighted by molar-refractivity contribution is 5.95. The lowest BCUT2D eigenvalue weighted by atomic mass is 10.0. The molecule has 7 N–H and O–H groups in total. The van der Waals surface area contributed by atoms with Gasteiger partial charge in [0.05, 0.1) is 217 Å². The molecule has 0 saturated carbocycles. The molecule has 1 aliphatic heterocycles. The Bertz CT molecular complexity index is 2750. The SMILES string of the molecule is COCCOCCOCCOCCOCCOCCOCCOCCC(=O)NCCCC[C@H](NC(=O)CCOCCOCCOCCOCCOCCOCCOCCOC)C(=O)NCCCC[C@H](NC(=O)CCC(=O)O)C(=O)NCCNC(=O)CCCCC(=O)N1Cc2ccccc2C#Cc2ccccc21. The number of carboxylic acid groups (broad SMARTS) is 1. The van der Waals surface area contributed by atoms with Crippen molar-refractivity contribution in [2.75, 3.05) is 244 Å². The maximum Gasteiger partial charge on any atom is 0.303 e. The lowest BCUT2D eigenvalue weighted by molar-refractivity contribution is -0.139. The molecule has 32 heteroatoms. The molecule has 0 spiro atoms. The molecule has 0 radical (unpaired) electrons. The number of unbranched alkanes of at least 4 members (excludes halogenated alkanes) is 3. The van der Waals surface area contributed by atoms with Crippen LogP contribution in [0.4, 0.5) is 5.69 Å². The molecule has 0 aromatic heterocycles. The molecule has 0 fully saturated rings. The standard InChI is InChI=1S/C75H121N7O25/c1-92-33-35-96-41-43-100-49-51-104-57-59-106-55-53-102-47-45-98-39-37-94-31-25-69(84)76-27-11-9-16-65(81-71(86)26-32-95-38-40-99-46-48-103-54-56-107-60-58-105-52-50-101-44-42-97-36-34-93-2)74(90)78-28-12-10-17-66(80-70(85)23-24-73(88)89)75(91)79-30-29-77-68(83)19-7-8-20-72(87)82-61-64-15-4-3-13-62(64)21-22-63-14-5-6-18-67(63)82/h3-6,13-15,18,65-66H,7-12,16-17,19-20,23-61H2,1-2H3,(H,76,84)(H,77,83)(H,78,90)(H,79,91)(H,80,85)(H,81,86)(H,88,89)/t65-,66-/m0/s1. The monoisotopic (exact) mass is 1520 g/mol. The Morgan fingerprint density at radius 3 is 1.14 bits per heavy atom. The van der Waals surface area contributed by atoms with Gasteiger partial charge in [0.15, 0.2) is 0 Å². The van der Waals surface area contributed by atoms with E-state index in [1.807, 2.05) is 48.5 Å². The van der Waals surface area contributed by atoms with E-state index < -0.39 is 48.1 Å².